The van der Waals surface area contributed by atoms with Crippen LogP contribution in [0.1, 0.15) is 24.5 Å². The van der Waals surface area contributed by atoms with Crippen molar-refractivity contribution in [1.82, 2.24) is 5.32 Å². The Bertz CT molecular complexity index is 387. The SMILES string of the molecule is CC(CCO)NCc1ccc(C#N)cc1Cl. The number of rotatable bonds is 5. The highest BCUT2D eigenvalue weighted by Gasteiger charge is 2.04. The predicted molar refractivity (Wildman–Crippen MR) is 64.2 cm³/mol. The van der Waals surface area contributed by atoms with E-state index < -0.39 is 0 Å². The van der Waals surface area contributed by atoms with Crippen molar-refractivity contribution in [3.63, 3.8) is 0 Å². The molecule has 1 atom stereocenters. The van der Waals surface area contributed by atoms with Gasteiger partial charge in [-0.05, 0) is 31.0 Å². The molecule has 0 amide bonds. The van der Waals surface area contributed by atoms with Crippen molar-refractivity contribution < 1.29 is 5.11 Å². The van der Waals surface area contributed by atoms with Crippen LogP contribution in [0.2, 0.25) is 5.02 Å². The second-order valence-electron chi connectivity index (χ2n) is 3.71. The molecule has 0 bridgehead atoms. The van der Waals surface area contributed by atoms with Gasteiger partial charge in [0.25, 0.3) is 0 Å². The van der Waals surface area contributed by atoms with Crippen LogP contribution in [0.3, 0.4) is 0 Å². The minimum atomic E-state index is 0.176. The summed E-state index contributed by atoms with van der Waals surface area (Å²) < 4.78 is 0. The third-order valence-corrected chi connectivity index (χ3v) is 2.74. The highest BCUT2D eigenvalue weighted by Crippen LogP contribution is 2.17. The average molecular weight is 239 g/mol. The number of hydrogen-bond donors (Lipinski definition) is 2. The molecule has 1 rings (SSSR count). The number of halogens is 1. The fourth-order valence-electron chi connectivity index (χ4n) is 1.34. The first kappa shape index (κ1) is 13.0. The molecular weight excluding hydrogens is 224 g/mol. The van der Waals surface area contributed by atoms with Gasteiger partial charge in [-0.25, -0.2) is 0 Å². The molecule has 0 saturated heterocycles. The third-order valence-electron chi connectivity index (χ3n) is 2.39. The fourth-order valence-corrected chi connectivity index (χ4v) is 1.59. The molecule has 1 aromatic rings. The van der Waals surface area contributed by atoms with Crippen molar-refractivity contribution in [3.05, 3.63) is 34.3 Å². The van der Waals surface area contributed by atoms with E-state index in [9.17, 15) is 0 Å². The molecule has 0 aliphatic carbocycles. The molecule has 1 unspecified atom stereocenters. The molecular formula is C12H15ClN2O. The summed E-state index contributed by atoms with van der Waals surface area (Å²) in [5.74, 6) is 0. The zero-order valence-corrected chi connectivity index (χ0v) is 9.96. The van der Waals surface area contributed by atoms with E-state index in [0.717, 1.165) is 5.56 Å². The first-order chi connectivity index (χ1) is 7.67. The van der Waals surface area contributed by atoms with Crippen molar-refractivity contribution in [2.45, 2.75) is 25.9 Å². The lowest BCUT2D eigenvalue weighted by molar-refractivity contribution is 0.268. The minimum absolute atomic E-state index is 0.176. The maximum atomic E-state index is 8.75. The summed E-state index contributed by atoms with van der Waals surface area (Å²) in [5, 5.41) is 21.3. The number of aliphatic hydroxyl groups is 1. The lowest BCUT2D eigenvalue weighted by Crippen LogP contribution is -2.26. The van der Waals surface area contributed by atoms with Gasteiger partial charge in [-0.2, -0.15) is 5.26 Å². The quantitative estimate of drug-likeness (QED) is 0.826. The standard InChI is InChI=1S/C12H15ClN2O/c1-9(4-5-16)15-8-11-3-2-10(7-14)6-12(11)13/h2-3,6,9,15-16H,4-5,8H2,1H3. The van der Waals surface area contributed by atoms with Crippen molar-refractivity contribution in [2.75, 3.05) is 6.61 Å². The van der Waals surface area contributed by atoms with Crippen LogP contribution in [0.15, 0.2) is 18.2 Å². The number of hydrogen-bond acceptors (Lipinski definition) is 3. The van der Waals surface area contributed by atoms with Crippen LogP contribution < -0.4 is 5.32 Å². The molecule has 0 heterocycles. The summed E-state index contributed by atoms with van der Waals surface area (Å²) in [6, 6.07) is 7.55. The molecule has 4 heteroatoms. The Balaban J connectivity index is 2.58. The molecule has 0 radical (unpaired) electrons. The number of nitrogens with one attached hydrogen (secondary N) is 1. The van der Waals surface area contributed by atoms with Crippen molar-refractivity contribution >= 4 is 11.6 Å². The Morgan fingerprint density at radius 3 is 2.88 bits per heavy atom. The van der Waals surface area contributed by atoms with E-state index in [4.69, 9.17) is 22.0 Å². The number of nitrogens with zero attached hydrogens (tertiary/aromatic N) is 1. The van der Waals surface area contributed by atoms with Crippen molar-refractivity contribution in [2.24, 2.45) is 0 Å². The van der Waals surface area contributed by atoms with E-state index in [1.807, 2.05) is 19.1 Å². The number of benzene rings is 1. The van der Waals surface area contributed by atoms with E-state index >= 15 is 0 Å². The first-order valence-corrected chi connectivity index (χ1v) is 5.58. The van der Waals surface area contributed by atoms with Gasteiger partial charge < -0.3 is 10.4 Å². The monoisotopic (exact) mass is 238 g/mol. The molecule has 86 valence electrons. The summed E-state index contributed by atoms with van der Waals surface area (Å²) in [6.07, 6.45) is 0.716. The Labute approximate surface area is 101 Å². The Morgan fingerprint density at radius 1 is 1.56 bits per heavy atom. The maximum absolute atomic E-state index is 8.75. The highest BCUT2D eigenvalue weighted by atomic mass is 35.5. The van der Waals surface area contributed by atoms with Crippen LogP contribution in [-0.2, 0) is 6.54 Å². The summed E-state index contributed by atoms with van der Waals surface area (Å²) in [7, 11) is 0. The zero-order chi connectivity index (χ0) is 12.0. The molecule has 0 saturated carbocycles. The maximum Gasteiger partial charge on any atom is 0.0992 e. The van der Waals surface area contributed by atoms with Crippen LogP contribution in [0, 0.1) is 11.3 Å². The Hall–Kier alpha value is -1.08. The molecule has 2 N–H and O–H groups in total. The smallest absolute Gasteiger partial charge is 0.0992 e. The van der Waals surface area contributed by atoms with Crippen molar-refractivity contribution in [3.8, 4) is 6.07 Å². The largest absolute Gasteiger partial charge is 0.396 e. The van der Waals surface area contributed by atoms with Gasteiger partial charge >= 0.3 is 0 Å². The molecule has 3 nitrogen and oxygen atoms in total. The van der Waals surface area contributed by atoms with Crippen LogP contribution in [-0.4, -0.2) is 17.8 Å². The Morgan fingerprint density at radius 2 is 2.31 bits per heavy atom. The van der Waals surface area contributed by atoms with E-state index in [0.29, 0.717) is 23.6 Å². The van der Waals surface area contributed by atoms with Crippen molar-refractivity contribution in [1.29, 1.82) is 5.26 Å². The summed E-state index contributed by atoms with van der Waals surface area (Å²) in [4.78, 5) is 0. The second kappa shape index (κ2) is 6.49. The normalized spacial score (nSPS) is 12.1. The van der Waals surface area contributed by atoms with Crippen LogP contribution in [0.5, 0.6) is 0 Å². The number of nitriles is 1. The lowest BCUT2D eigenvalue weighted by atomic mass is 10.1. The van der Waals surface area contributed by atoms with Crippen LogP contribution in [0.4, 0.5) is 0 Å². The van der Waals surface area contributed by atoms with Gasteiger partial charge in [-0.3, -0.25) is 0 Å². The molecule has 0 aliphatic heterocycles. The highest BCUT2D eigenvalue weighted by molar-refractivity contribution is 6.31. The first-order valence-electron chi connectivity index (χ1n) is 5.20. The second-order valence-corrected chi connectivity index (χ2v) is 4.12. The third kappa shape index (κ3) is 3.82. The summed E-state index contributed by atoms with van der Waals surface area (Å²) in [5.41, 5.74) is 1.53. The molecule has 16 heavy (non-hydrogen) atoms. The van der Waals surface area contributed by atoms with Gasteiger partial charge in [0, 0.05) is 24.2 Å². The molecule has 0 aromatic heterocycles. The van der Waals surface area contributed by atoms with Gasteiger partial charge in [0.2, 0.25) is 0 Å². The zero-order valence-electron chi connectivity index (χ0n) is 9.20. The molecule has 0 spiro atoms. The van der Waals surface area contributed by atoms with Gasteiger partial charge in [0.1, 0.15) is 0 Å². The van der Waals surface area contributed by atoms with E-state index in [1.165, 1.54) is 0 Å². The summed E-state index contributed by atoms with van der Waals surface area (Å²) >= 11 is 6.03. The van der Waals surface area contributed by atoms with Gasteiger partial charge in [-0.15, -0.1) is 0 Å². The fraction of sp³-hybridized carbons (Fsp3) is 0.417. The summed E-state index contributed by atoms with van der Waals surface area (Å²) in [6.45, 7) is 2.83. The topological polar surface area (TPSA) is 56.0 Å². The Kier molecular flexibility index (Phi) is 5.27. The van der Waals surface area contributed by atoms with Gasteiger partial charge in [0.05, 0.1) is 11.6 Å². The molecule has 0 fully saturated rings. The molecule has 0 aliphatic rings. The van der Waals surface area contributed by atoms with E-state index in [-0.39, 0.29) is 12.6 Å². The number of aliphatic hydroxyl groups excluding tert-OH is 1. The van der Waals surface area contributed by atoms with E-state index in [2.05, 4.69) is 5.32 Å². The lowest BCUT2D eigenvalue weighted by Gasteiger charge is -2.13. The van der Waals surface area contributed by atoms with Crippen LogP contribution >= 0.6 is 11.6 Å². The van der Waals surface area contributed by atoms with Gasteiger partial charge in [-0.1, -0.05) is 17.7 Å². The van der Waals surface area contributed by atoms with Gasteiger partial charge in [0.15, 0.2) is 0 Å². The molecule has 1 aromatic carbocycles. The predicted octanol–water partition coefficient (Wildman–Crippen LogP) is 2.07. The minimum Gasteiger partial charge on any atom is -0.396 e. The van der Waals surface area contributed by atoms with E-state index in [1.54, 1.807) is 12.1 Å². The average Bonchev–Trinajstić information content (AvgIpc) is 2.27. The van der Waals surface area contributed by atoms with Crippen LogP contribution in [0.25, 0.3) is 0 Å².